The second-order valence-corrected chi connectivity index (χ2v) is 6.25. The van der Waals surface area contributed by atoms with E-state index >= 15 is 0 Å². The van der Waals surface area contributed by atoms with E-state index in [2.05, 4.69) is 9.97 Å². The van der Waals surface area contributed by atoms with Crippen LogP contribution in [0.25, 0.3) is 33.8 Å². The third-order valence-corrected chi connectivity index (χ3v) is 4.24. The number of hydrogen-bond acceptors (Lipinski definition) is 3. The van der Waals surface area contributed by atoms with E-state index < -0.39 is 17.3 Å². The van der Waals surface area contributed by atoms with Gasteiger partial charge >= 0.3 is 6.18 Å². The lowest BCUT2D eigenvalue weighted by molar-refractivity contribution is -0.137. The fourth-order valence-corrected chi connectivity index (χ4v) is 2.79. The van der Waals surface area contributed by atoms with Crippen molar-refractivity contribution in [3.05, 3.63) is 75.5 Å². The van der Waals surface area contributed by atoms with Crippen molar-refractivity contribution in [2.75, 3.05) is 0 Å². The minimum atomic E-state index is -4.50. The molecule has 136 valence electrons. The predicted octanol–water partition coefficient (Wildman–Crippen LogP) is 5.52. The highest BCUT2D eigenvalue weighted by molar-refractivity contribution is 6.30. The molecule has 4 aromatic rings. The number of H-pyrrole nitrogens is 1. The summed E-state index contributed by atoms with van der Waals surface area (Å²) in [5.74, 6) is 0.721. The molecule has 2 heterocycles. The second-order valence-electron chi connectivity index (χ2n) is 5.82. The predicted molar refractivity (Wildman–Crippen MR) is 95.5 cm³/mol. The van der Waals surface area contributed by atoms with Crippen LogP contribution in [0.2, 0.25) is 5.02 Å². The Balaban J connectivity index is 1.77. The summed E-state index contributed by atoms with van der Waals surface area (Å²) < 4.78 is 44.1. The molecule has 1 N–H and O–H groups in total. The first-order valence-electron chi connectivity index (χ1n) is 7.79. The van der Waals surface area contributed by atoms with Crippen LogP contribution in [0.5, 0.6) is 0 Å². The van der Waals surface area contributed by atoms with E-state index in [-0.39, 0.29) is 22.5 Å². The number of nitrogens with one attached hydrogen (secondary N) is 1. The molecule has 2 aromatic heterocycles. The van der Waals surface area contributed by atoms with Crippen LogP contribution >= 0.6 is 11.6 Å². The molecule has 0 aliphatic rings. The highest BCUT2D eigenvalue weighted by atomic mass is 35.5. The lowest BCUT2D eigenvalue weighted by Crippen LogP contribution is -2.12. The summed E-state index contributed by atoms with van der Waals surface area (Å²) in [6.45, 7) is 0. The summed E-state index contributed by atoms with van der Waals surface area (Å²) in [5.41, 5.74) is -0.521. The van der Waals surface area contributed by atoms with Crippen LogP contribution in [0.1, 0.15) is 5.56 Å². The lowest BCUT2D eigenvalue weighted by Gasteiger charge is -2.07. The van der Waals surface area contributed by atoms with Crippen LogP contribution in [0.3, 0.4) is 0 Å². The Bertz CT molecular complexity index is 1190. The second kappa shape index (κ2) is 6.28. The van der Waals surface area contributed by atoms with Crippen LogP contribution in [-0.2, 0) is 6.18 Å². The summed E-state index contributed by atoms with van der Waals surface area (Å²) in [4.78, 5) is 18.9. The lowest BCUT2D eigenvalue weighted by atomic mass is 10.2. The zero-order chi connectivity index (χ0) is 19.2. The molecular weight excluding hydrogens is 381 g/mol. The van der Waals surface area contributed by atoms with Gasteiger partial charge < -0.3 is 9.40 Å². The normalized spacial score (nSPS) is 11.9. The van der Waals surface area contributed by atoms with E-state index in [0.717, 1.165) is 17.7 Å². The SMILES string of the molecule is O=c1[nH]c2cc(C(F)(F)F)ccc2nc1-c1ccc(-c2ccc(Cl)cc2)o1. The van der Waals surface area contributed by atoms with Crippen molar-refractivity contribution in [1.82, 2.24) is 9.97 Å². The molecule has 0 amide bonds. The highest BCUT2D eigenvalue weighted by Gasteiger charge is 2.30. The Labute approximate surface area is 155 Å². The van der Waals surface area contributed by atoms with Crippen LogP contribution in [0.4, 0.5) is 13.2 Å². The van der Waals surface area contributed by atoms with E-state index in [0.29, 0.717) is 10.8 Å². The molecule has 4 nitrogen and oxygen atoms in total. The van der Waals surface area contributed by atoms with Crippen molar-refractivity contribution in [2.45, 2.75) is 6.18 Å². The van der Waals surface area contributed by atoms with Gasteiger partial charge in [0.25, 0.3) is 5.56 Å². The molecule has 2 aromatic carbocycles. The maximum atomic E-state index is 12.8. The first kappa shape index (κ1) is 17.4. The molecule has 27 heavy (non-hydrogen) atoms. The molecule has 0 aliphatic carbocycles. The van der Waals surface area contributed by atoms with Crippen LogP contribution in [0, 0.1) is 0 Å². The zero-order valence-corrected chi connectivity index (χ0v) is 14.2. The van der Waals surface area contributed by atoms with Crippen LogP contribution in [0.15, 0.2) is 63.8 Å². The molecule has 0 saturated heterocycles. The molecule has 0 bridgehead atoms. The fourth-order valence-electron chi connectivity index (χ4n) is 2.66. The number of nitrogens with zero attached hydrogens (tertiary/aromatic N) is 1. The molecule has 0 aliphatic heterocycles. The number of aromatic nitrogens is 2. The fraction of sp³-hybridized carbons (Fsp3) is 0.0526. The largest absolute Gasteiger partial charge is 0.454 e. The van der Waals surface area contributed by atoms with E-state index in [4.69, 9.17) is 16.0 Å². The van der Waals surface area contributed by atoms with Crippen molar-refractivity contribution in [3.63, 3.8) is 0 Å². The number of furan rings is 1. The smallest absolute Gasteiger partial charge is 0.416 e. The van der Waals surface area contributed by atoms with Crippen molar-refractivity contribution < 1.29 is 17.6 Å². The van der Waals surface area contributed by atoms with Gasteiger partial charge in [-0.1, -0.05) is 11.6 Å². The maximum Gasteiger partial charge on any atom is 0.416 e. The van der Waals surface area contributed by atoms with Gasteiger partial charge in [-0.25, -0.2) is 4.98 Å². The van der Waals surface area contributed by atoms with E-state index in [1.807, 2.05) is 0 Å². The van der Waals surface area contributed by atoms with Gasteiger partial charge in [0.15, 0.2) is 11.5 Å². The number of fused-ring (bicyclic) bond motifs is 1. The van der Waals surface area contributed by atoms with E-state index in [1.54, 1.807) is 36.4 Å². The van der Waals surface area contributed by atoms with Crippen molar-refractivity contribution in [3.8, 4) is 22.8 Å². The van der Waals surface area contributed by atoms with Crippen molar-refractivity contribution >= 4 is 22.6 Å². The van der Waals surface area contributed by atoms with Gasteiger partial charge in [0.1, 0.15) is 5.76 Å². The van der Waals surface area contributed by atoms with E-state index in [1.165, 1.54) is 6.07 Å². The molecule has 0 fully saturated rings. The average molecular weight is 391 g/mol. The number of hydrogen-bond donors (Lipinski definition) is 1. The monoisotopic (exact) mass is 390 g/mol. The number of alkyl halides is 3. The number of rotatable bonds is 2. The number of benzene rings is 2. The quantitative estimate of drug-likeness (QED) is 0.490. The minimum Gasteiger partial charge on any atom is -0.454 e. The first-order valence-corrected chi connectivity index (χ1v) is 8.16. The van der Waals surface area contributed by atoms with E-state index in [9.17, 15) is 18.0 Å². The van der Waals surface area contributed by atoms with Gasteiger partial charge in [-0.15, -0.1) is 0 Å². The Morgan fingerprint density at radius 2 is 1.67 bits per heavy atom. The van der Waals surface area contributed by atoms with Gasteiger partial charge in [0.05, 0.1) is 16.6 Å². The summed E-state index contributed by atoms with van der Waals surface area (Å²) >= 11 is 5.86. The molecule has 4 rings (SSSR count). The summed E-state index contributed by atoms with van der Waals surface area (Å²) in [6.07, 6.45) is -4.50. The first-order chi connectivity index (χ1) is 12.8. The van der Waals surface area contributed by atoms with Crippen LogP contribution < -0.4 is 5.56 Å². The Kier molecular flexibility index (Phi) is 4.04. The Morgan fingerprint density at radius 1 is 0.963 bits per heavy atom. The molecular formula is C19H10ClF3N2O2. The molecule has 0 unspecified atom stereocenters. The molecule has 8 heteroatoms. The van der Waals surface area contributed by atoms with Crippen molar-refractivity contribution in [2.24, 2.45) is 0 Å². The number of aromatic amines is 1. The molecule has 0 atom stereocenters. The third-order valence-electron chi connectivity index (χ3n) is 3.99. The third kappa shape index (κ3) is 3.33. The molecule has 0 radical (unpaired) electrons. The topological polar surface area (TPSA) is 58.9 Å². The Morgan fingerprint density at radius 3 is 2.37 bits per heavy atom. The standard InChI is InChI=1S/C19H10ClF3N2O2/c20-12-4-1-10(2-5-12)15-7-8-16(27-15)17-18(26)25-14-9-11(19(21,22)23)3-6-13(14)24-17/h1-9H,(H,25,26). The van der Waals surface area contributed by atoms with Gasteiger partial charge in [-0.05, 0) is 54.6 Å². The number of halogens is 4. The molecule has 0 spiro atoms. The minimum absolute atomic E-state index is 0.00283. The molecule has 0 saturated carbocycles. The maximum absolute atomic E-state index is 12.8. The summed E-state index contributed by atoms with van der Waals surface area (Å²) in [7, 11) is 0. The summed E-state index contributed by atoms with van der Waals surface area (Å²) in [6, 6.07) is 13.2. The zero-order valence-electron chi connectivity index (χ0n) is 13.5. The summed E-state index contributed by atoms with van der Waals surface area (Å²) in [5, 5.41) is 0.580. The Hall–Kier alpha value is -3.06. The van der Waals surface area contributed by atoms with Gasteiger partial charge in [-0.3, -0.25) is 4.79 Å². The van der Waals surface area contributed by atoms with Gasteiger partial charge in [0.2, 0.25) is 0 Å². The average Bonchev–Trinajstić information content (AvgIpc) is 3.10. The van der Waals surface area contributed by atoms with Crippen LogP contribution in [-0.4, -0.2) is 9.97 Å². The highest BCUT2D eigenvalue weighted by Crippen LogP contribution is 2.31. The van der Waals surface area contributed by atoms with Gasteiger partial charge in [0, 0.05) is 10.6 Å². The van der Waals surface area contributed by atoms with Crippen molar-refractivity contribution in [1.29, 1.82) is 0 Å². The van der Waals surface area contributed by atoms with Gasteiger partial charge in [-0.2, -0.15) is 13.2 Å².